The molecule has 0 heterocycles. The highest BCUT2D eigenvalue weighted by Gasteiger charge is 2.21. The third kappa shape index (κ3) is 6.15. The molecule has 3 nitrogen and oxygen atoms in total. The van der Waals surface area contributed by atoms with Crippen LogP contribution in [-0.2, 0) is 9.53 Å². The maximum absolute atomic E-state index is 11.8. The molecule has 0 saturated carbocycles. The summed E-state index contributed by atoms with van der Waals surface area (Å²) in [5.41, 5.74) is 1.55. The Morgan fingerprint density at radius 3 is 2.37 bits per heavy atom. The van der Waals surface area contributed by atoms with Gasteiger partial charge in [-0.15, -0.1) is 9.24 Å². The van der Waals surface area contributed by atoms with Crippen LogP contribution in [0, 0.1) is 0 Å². The first kappa shape index (κ1) is 18.0. The molecule has 0 saturated heterocycles. The fraction of sp³-hybridized carbons (Fsp3) is 0.600. The number of carbonyl (C=O) groups is 1. The summed E-state index contributed by atoms with van der Waals surface area (Å²) in [7, 11) is 2.78. The van der Waals surface area contributed by atoms with E-state index in [-0.39, 0.29) is 10.9 Å². The summed E-state index contributed by atoms with van der Waals surface area (Å²) in [6.07, 6.45) is 3.17. The van der Waals surface area contributed by atoms with E-state index in [0.717, 1.165) is 18.4 Å². The number of aliphatic imine (C=N–C) groups is 1. The molecule has 0 aliphatic heterocycles. The number of hydrogen-bond acceptors (Lipinski definition) is 3. The van der Waals surface area contributed by atoms with Crippen LogP contribution in [0.25, 0.3) is 0 Å². The molecule has 0 amide bonds. The lowest BCUT2D eigenvalue weighted by molar-refractivity contribution is -0.113. The molecular formula is C15H26NO2P. The number of allylic oxidation sites excluding steroid dienone is 1. The van der Waals surface area contributed by atoms with E-state index in [1.165, 1.54) is 13.1 Å². The van der Waals surface area contributed by atoms with E-state index in [4.69, 9.17) is 4.74 Å². The van der Waals surface area contributed by atoms with Gasteiger partial charge in [0.2, 0.25) is 5.90 Å². The van der Waals surface area contributed by atoms with Crippen molar-refractivity contribution in [3.8, 4) is 0 Å². The van der Waals surface area contributed by atoms with Crippen molar-refractivity contribution in [2.45, 2.75) is 52.6 Å². The van der Waals surface area contributed by atoms with Crippen molar-refractivity contribution in [1.29, 1.82) is 0 Å². The molecule has 2 atom stereocenters. The first-order valence-electron chi connectivity index (χ1n) is 6.60. The Labute approximate surface area is 119 Å². The average molecular weight is 283 g/mol. The summed E-state index contributed by atoms with van der Waals surface area (Å²) in [5.74, 6) is 0.353. The third-order valence-electron chi connectivity index (χ3n) is 3.08. The molecule has 0 radical (unpaired) electrons. The molecule has 0 bridgehead atoms. The highest BCUT2D eigenvalue weighted by molar-refractivity contribution is 7.18. The Morgan fingerprint density at radius 1 is 1.42 bits per heavy atom. The molecular weight excluding hydrogens is 257 g/mol. The lowest BCUT2D eigenvalue weighted by Gasteiger charge is -2.23. The molecule has 19 heavy (non-hydrogen) atoms. The van der Waals surface area contributed by atoms with Crippen LogP contribution in [0.1, 0.15) is 47.5 Å². The number of hydrogen-bond donors (Lipinski definition) is 0. The normalized spacial score (nSPS) is 16.4. The molecule has 0 N–H and O–H groups in total. The summed E-state index contributed by atoms with van der Waals surface area (Å²) in [4.78, 5) is 15.9. The van der Waals surface area contributed by atoms with Crippen LogP contribution in [0.3, 0.4) is 0 Å². The number of Topliss-reactive ketones (excluding diaryl/α,β-unsaturated/α-hetero) is 1. The fourth-order valence-corrected chi connectivity index (χ4v) is 1.49. The van der Waals surface area contributed by atoms with E-state index in [2.05, 4.69) is 34.7 Å². The van der Waals surface area contributed by atoms with Gasteiger partial charge in [-0.1, -0.05) is 32.9 Å². The zero-order valence-corrected chi connectivity index (χ0v) is 13.9. The van der Waals surface area contributed by atoms with Gasteiger partial charge >= 0.3 is 0 Å². The molecule has 4 heteroatoms. The Hall–Kier alpha value is -0.950. The largest absolute Gasteiger partial charge is 0.476 e. The molecule has 0 aromatic heterocycles. The minimum atomic E-state index is -0.0260. The molecule has 0 aromatic carbocycles. The van der Waals surface area contributed by atoms with Gasteiger partial charge in [0.15, 0.2) is 5.78 Å². The Balaban J connectivity index is 5.27. The summed E-state index contributed by atoms with van der Waals surface area (Å²) in [6, 6.07) is 0. The van der Waals surface area contributed by atoms with Gasteiger partial charge in [-0.25, -0.2) is 4.99 Å². The van der Waals surface area contributed by atoms with Crippen LogP contribution < -0.4 is 0 Å². The van der Waals surface area contributed by atoms with Gasteiger partial charge in [0, 0.05) is 11.4 Å². The molecule has 0 aromatic rings. The van der Waals surface area contributed by atoms with Crippen LogP contribution in [0.2, 0.25) is 0 Å². The van der Waals surface area contributed by atoms with E-state index < -0.39 is 0 Å². The summed E-state index contributed by atoms with van der Waals surface area (Å²) < 4.78 is 5.76. The van der Waals surface area contributed by atoms with E-state index in [9.17, 15) is 4.79 Å². The molecule has 108 valence electrons. The molecule has 2 unspecified atom stereocenters. The quantitative estimate of drug-likeness (QED) is 0.307. The Bertz CT molecular complexity index is 395. The monoisotopic (exact) mass is 283 g/mol. The van der Waals surface area contributed by atoms with E-state index in [1.807, 2.05) is 13.8 Å². The van der Waals surface area contributed by atoms with Crippen LogP contribution in [0.5, 0.6) is 0 Å². The molecule has 0 spiro atoms. The summed E-state index contributed by atoms with van der Waals surface area (Å²) in [5, 5.41) is -0.0239. The van der Waals surface area contributed by atoms with Crippen molar-refractivity contribution in [2.75, 3.05) is 6.61 Å². The SMILES string of the molecule is C=CN=C(OCC(C)(P)CC)/C(C(C)=O)=C(\C)CC. The highest BCUT2D eigenvalue weighted by Crippen LogP contribution is 2.23. The minimum absolute atomic E-state index is 0.0239. The molecule has 0 fully saturated rings. The van der Waals surface area contributed by atoms with Crippen LogP contribution in [0.15, 0.2) is 28.9 Å². The lowest BCUT2D eigenvalue weighted by atomic mass is 10.0. The number of ketones is 1. The number of carbonyl (C=O) groups excluding carboxylic acids is 1. The van der Waals surface area contributed by atoms with E-state index in [0.29, 0.717) is 18.1 Å². The zero-order chi connectivity index (χ0) is 15.1. The topological polar surface area (TPSA) is 38.7 Å². The van der Waals surface area contributed by atoms with Crippen molar-refractivity contribution in [3.63, 3.8) is 0 Å². The van der Waals surface area contributed by atoms with E-state index in [1.54, 1.807) is 0 Å². The highest BCUT2D eigenvalue weighted by atomic mass is 31.0. The van der Waals surface area contributed by atoms with Crippen LogP contribution >= 0.6 is 9.24 Å². The van der Waals surface area contributed by atoms with Crippen molar-refractivity contribution in [3.05, 3.63) is 23.9 Å². The number of rotatable bonds is 7. The predicted molar refractivity (Wildman–Crippen MR) is 85.7 cm³/mol. The Kier molecular flexibility index (Phi) is 7.85. The summed E-state index contributed by atoms with van der Waals surface area (Å²) >= 11 is 0. The van der Waals surface area contributed by atoms with Gasteiger partial charge in [-0.2, -0.15) is 0 Å². The zero-order valence-electron chi connectivity index (χ0n) is 12.7. The van der Waals surface area contributed by atoms with Gasteiger partial charge in [0.1, 0.15) is 0 Å². The van der Waals surface area contributed by atoms with Gasteiger partial charge in [0.05, 0.1) is 12.2 Å². The third-order valence-corrected chi connectivity index (χ3v) is 3.65. The predicted octanol–water partition coefficient (Wildman–Crippen LogP) is 3.90. The van der Waals surface area contributed by atoms with Crippen molar-refractivity contribution >= 4 is 20.9 Å². The van der Waals surface area contributed by atoms with E-state index >= 15 is 0 Å². The minimum Gasteiger partial charge on any atom is -0.476 e. The smallest absolute Gasteiger partial charge is 0.224 e. The number of nitrogens with zero attached hydrogens (tertiary/aromatic N) is 1. The second-order valence-electron chi connectivity index (χ2n) is 4.98. The van der Waals surface area contributed by atoms with Gasteiger partial charge < -0.3 is 4.74 Å². The maximum Gasteiger partial charge on any atom is 0.224 e. The van der Waals surface area contributed by atoms with Gasteiger partial charge in [-0.3, -0.25) is 4.79 Å². The van der Waals surface area contributed by atoms with Gasteiger partial charge in [-0.05, 0) is 26.7 Å². The van der Waals surface area contributed by atoms with Crippen molar-refractivity contribution < 1.29 is 9.53 Å². The maximum atomic E-state index is 11.8. The fourth-order valence-electron chi connectivity index (χ4n) is 1.40. The molecule has 0 rings (SSSR count). The lowest BCUT2D eigenvalue weighted by Crippen LogP contribution is -2.26. The molecule has 0 aliphatic rings. The van der Waals surface area contributed by atoms with Crippen molar-refractivity contribution in [2.24, 2.45) is 4.99 Å². The van der Waals surface area contributed by atoms with Crippen molar-refractivity contribution in [1.82, 2.24) is 0 Å². The van der Waals surface area contributed by atoms with Gasteiger partial charge in [0.25, 0.3) is 0 Å². The number of ether oxygens (including phenoxy) is 1. The second-order valence-corrected chi connectivity index (χ2v) is 6.37. The average Bonchev–Trinajstić information content (AvgIpc) is 2.35. The second kappa shape index (κ2) is 8.27. The standard InChI is InChI=1S/C15H26NO2P/c1-7-11(4)13(12(5)17)14(16-9-3)18-10-15(6,19)8-2/h9H,3,7-8,10,19H2,1-2,4-6H3/b13-11+,16-14?. The van der Waals surface area contributed by atoms with Crippen LogP contribution in [0.4, 0.5) is 0 Å². The Morgan fingerprint density at radius 2 is 2.00 bits per heavy atom. The summed E-state index contributed by atoms with van der Waals surface area (Å²) in [6.45, 7) is 13.7. The first-order valence-corrected chi connectivity index (χ1v) is 7.18. The first-order chi connectivity index (χ1) is 8.79. The molecule has 0 aliphatic carbocycles. The van der Waals surface area contributed by atoms with Crippen LogP contribution in [-0.4, -0.2) is 23.4 Å².